The normalized spacial score (nSPS) is 11.7. The van der Waals surface area contributed by atoms with Crippen molar-refractivity contribution in [3.63, 3.8) is 0 Å². The molecule has 1 N–H and O–H groups in total. The third kappa shape index (κ3) is 5.42. The zero-order valence-corrected chi connectivity index (χ0v) is 19.6. The maximum Gasteiger partial charge on any atom is 0.332 e. The van der Waals surface area contributed by atoms with Crippen LogP contribution in [0.25, 0.3) is 23.0 Å². The van der Waals surface area contributed by atoms with E-state index in [2.05, 4.69) is 17.4 Å². The van der Waals surface area contributed by atoms with E-state index in [4.69, 9.17) is 9.17 Å². The number of pyridine rings is 1. The lowest BCUT2D eigenvalue weighted by Gasteiger charge is -2.10. The number of anilines is 1. The van der Waals surface area contributed by atoms with E-state index in [1.165, 1.54) is 6.08 Å². The fourth-order valence-electron chi connectivity index (χ4n) is 3.70. The lowest BCUT2D eigenvalue weighted by Crippen LogP contribution is -2.05. The first-order valence-corrected chi connectivity index (χ1v) is 12.6. The molecule has 174 valence electrons. The van der Waals surface area contributed by atoms with Crippen molar-refractivity contribution in [2.24, 2.45) is 0 Å². The summed E-state index contributed by atoms with van der Waals surface area (Å²) in [7, 11) is -3.89. The van der Waals surface area contributed by atoms with Gasteiger partial charge in [-0.1, -0.05) is 66.7 Å². The molecule has 0 aliphatic rings. The van der Waals surface area contributed by atoms with Gasteiger partial charge in [-0.25, -0.2) is 4.98 Å². The second-order valence-electron chi connectivity index (χ2n) is 7.89. The van der Waals surface area contributed by atoms with Crippen molar-refractivity contribution < 1.29 is 12.6 Å². The predicted octanol–water partition coefficient (Wildman–Crippen LogP) is 5.99. The van der Waals surface area contributed by atoms with Crippen molar-refractivity contribution in [2.45, 2.75) is 6.54 Å². The summed E-state index contributed by atoms with van der Waals surface area (Å²) in [5.41, 5.74) is 4.35. The Bertz CT molecular complexity index is 1560. The summed E-state index contributed by atoms with van der Waals surface area (Å²) in [6.45, 7) is 0.643. The Labute approximate surface area is 204 Å². The number of aromatic nitrogens is 2. The Hall–Kier alpha value is -4.36. The lowest BCUT2D eigenvalue weighted by molar-refractivity contribution is 0.497. The molecular formula is C28H23N3O3S. The lowest BCUT2D eigenvalue weighted by atomic mass is 10.1. The number of nitrogens with zero attached hydrogens (tertiary/aromatic N) is 2. The molecule has 0 spiro atoms. The van der Waals surface area contributed by atoms with E-state index in [0.29, 0.717) is 6.54 Å². The summed E-state index contributed by atoms with van der Waals surface area (Å²) in [5, 5.41) is 4.56. The van der Waals surface area contributed by atoms with Gasteiger partial charge in [-0.05, 0) is 53.6 Å². The van der Waals surface area contributed by atoms with Crippen LogP contribution in [0.3, 0.4) is 0 Å². The van der Waals surface area contributed by atoms with Gasteiger partial charge in [0.05, 0.1) is 5.41 Å². The Kier molecular flexibility index (Phi) is 6.32. The minimum Gasteiger partial charge on any atom is -0.379 e. The Morgan fingerprint density at radius 1 is 0.829 bits per heavy atom. The van der Waals surface area contributed by atoms with Crippen LogP contribution in [0, 0.1) is 0 Å². The average Bonchev–Trinajstić information content (AvgIpc) is 3.26. The number of benzene rings is 3. The molecule has 35 heavy (non-hydrogen) atoms. The van der Waals surface area contributed by atoms with Crippen LogP contribution in [-0.4, -0.2) is 17.8 Å². The molecule has 3 aromatic carbocycles. The Morgan fingerprint density at radius 2 is 1.51 bits per heavy atom. The minimum absolute atomic E-state index is 0.231. The standard InChI is InChI=1S/C28H23N3O3S/c32-35(33,20-18-22-9-3-1-4-10-22)34-25-16-14-24(15-17-25)27-28(29-21-23-11-5-2-6-12-23)31-19-8-7-13-26(31)30-27/h1-20,29H,21H2. The van der Waals surface area contributed by atoms with Gasteiger partial charge in [0.15, 0.2) is 0 Å². The van der Waals surface area contributed by atoms with Crippen molar-refractivity contribution >= 4 is 27.7 Å². The molecule has 5 rings (SSSR count). The first kappa shape index (κ1) is 22.4. The largest absolute Gasteiger partial charge is 0.379 e. The molecule has 0 radical (unpaired) electrons. The average molecular weight is 482 g/mol. The van der Waals surface area contributed by atoms with Crippen LogP contribution in [0.15, 0.2) is 115 Å². The molecule has 0 aliphatic carbocycles. The Balaban J connectivity index is 1.38. The molecule has 2 aromatic heterocycles. The quantitative estimate of drug-likeness (QED) is 0.276. The van der Waals surface area contributed by atoms with Gasteiger partial charge >= 0.3 is 10.1 Å². The fourth-order valence-corrected chi connectivity index (χ4v) is 4.46. The third-order valence-electron chi connectivity index (χ3n) is 5.40. The van der Waals surface area contributed by atoms with E-state index in [1.807, 2.05) is 77.3 Å². The van der Waals surface area contributed by atoms with Crippen LogP contribution in [0.4, 0.5) is 5.82 Å². The highest BCUT2D eigenvalue weighted by Gasteiger charge is 2.15. The van der Waals surface area contributed by atoms with Gasteiger partial charge in [0.25, 0.3) is 0 Å². The van der Waals surface area contributed by atoms with E-state index in [-0.39, 0.29) is 5.75 Å². The monoisotopic (exact) mass is 481 g/mol. The number of nitrogens with one attached hydrogen (secondary N) is 1. The number of fused-ring (bicyclic) bond motifs is 1. The van der Waals surface area contributed by atoms with E-state index < -0.39 is 10.1 Å². The highest BCUT2D eigenvalue weighted by atomic mass is 32.2. The second kappa shape index (κ2) is 9.87. The maximum atomic E-state index is 12.4. The molecule has 0 saturated heterocycles. The maximum absolute atomic E-state index is 12.4. The zero-order chi connectivity index (χ0) is 24.1. The summed E-state index contributed by atoms with van der Waals surface area (Å²) in [5.74, 6) is 1.09. The minimum atomic E-state index is -3.89. The molecule has 2 heterocycles. The molecule has 7 heteroatoms. The molecule has 0 saturated carbocycles. The van der Waals surface area contributed by atoms with Crippen LogP contribution < -0.4 is 9.50 Å². The van der Waals surface area contributed by atoms with Gasteiger partial charge in [0.1, 0.15) is 22.9 Å². The summed E-state index contributed by atoms with van der Waals surface area (Å²) in [6.07, 6.45) is 3.47. The van der Waals surface area contributed by atoms with Gasteiger partial charge in [0.2, 0.25) is 0 Å². The molecular weight excluding hydrogens is 458 g/mol. The summed E-state index contributed by atoms with van der Waals surface area (Å²) >= 11 is 0. The number of hydrogen-bond acceptors (Lipinski definition) is 5. The molecule has 5 aromatic rings. The molecule has 0 bridgehead atoms. The number of rotatable bonds is 8. The molecule has 6 nitrogen and oxygen atoms in total. The van der Waals surface area contributed by atoms with Crippen molar-refractivity contribution in [2.75, 3.05) is 5.32 Å². The number of hydrogen-bond donors (Lipinski definition) is 1. The highest BCUT2D eigenvalue weighted by molar-refractivity contribution is 7.90. The van der Waals surface area contributed by atoms with Gasteiger partial charge in [-0.2, -0.15) is 8.42 Å². The van der Waals surface area contributed by atoms with Crippen LogP contribution in [-0.2, 0) is 16.7 Å². The SMILES string of the molecule is O=S(=O)(C=Cc1ccccc1)Oc1ccc(-c2nc3ccccn3c2NCc2ccccc2)cc1. The van der Waals surface area contributed by atoms with Gasteiger partial charge in [-0.3, -0.25) is 4.40 Å². The van der Waals surface area contributed by atoms with Crippen LogP contribution >= 0.6 is 0 Å². The first-order valence-electron chi connectivity index (χ1n) is 11.1. The summed E-state index contributed by atoms with van der Waals surface area (Å²) < 4.78 is 32.0. The van der Waals surface area contributed by atoms with Crippen molar-refractivity contribution in [3.8, 4) is 17.0 Å². The van der Waals surface area contributed by atoms with Crippen molar-refractivity contribution in [3.05, 3.63) is 126 Å². The van der Waals surface area contributed by atoms with E-state index in [1.54, 1.807) is 24.3 Å². The fraction of sp³-hybridized carbons (Fsp3) is 0.0357. The third-order valence-corrected chi connectivity index (χ3v) is 6.29. The summed E-state index contributed by atoms with van der Waals surface area (Å²) in [6, 6.07) is 32.0. The van der Waals surface area contributed by atoms with E-state index >= 15 is 0 Å². The molecule has 0 aliphatic heterocycles. The molecule has 0 fully saturated rings. The van der Waals surface area contributed by atoms with E-state index in [9.17, 15) is 8.42 Å². The van der Waals surface area contributed by atoms with Crippen molar-refractivity contribution in [1.82, 2.24) is 9.38 Å². The van der Waals surface area contributed by atoms with Gasteiger partial charge < -0.3 is 9.50 Å². The zero-order valence-electron chi connectivity index (χ0n) is 18.8. The summed E-state index contributed by atoms with van der Waals surface area (Å²) in [4.78, 5) is 4.79. The van der Waals surface area contributed by atoms with Gasteiger partial charge in [-0.15, -0.1) is 0 Å². The molecule has 0 atom stereocenters. The van der Waals surface area contributed by atoms with E-state index in [0.717, 1.165) is 39.3 Å². The number of imidazole rings is 1. The van der Waals surface area contributed by atoms with Gasteiger partial charge in [0, 0.05) is 18.3 Å². The van der Waals surface area contributed by atoms with Crippen LogP contribution in [0.1, 0.15) is 11.1 Å². The van der Waals surface area contributed by atoms with Crippen LogP contribution in [0.2, 0.25) is 0 Å². The topological polar surface area (TPSA) is 72.7 Å². The molecule has 0 amide bonds. The highest BCUT2D eigenvalue weighted by Crippen LogP contribution is 2.30. The van der Waals surface area contributed by atoms with Crippen molar-refractivity contribution in [1.29, 1.82) is 0 Å². The first-order chi connectivity index (χ1) is 17.1. The smallest absolute Gasteiger partial charge is 0.332 e. The van der Waals surface area contributed by atoms with Crippen LogP contribution in [0.5, 0.6) is 5.75 Å². The predicted molar refractivity (Wildman–Crippen MR) is 139 cm³/mol. The molecule has 0 unspecified atom stereocenters. The second-order valence-corrected chi connectivity index (χ2v) is 9.32. The Morgan fingerprint density at radius 3 is 2.26 bits per heavy atom.